The predicted octanol–water partition coefficient (Wildman–Crippen LogP) is 0.848. The maximum Gasteiger partial charge on any atom is 0.309 e. The molecule has 21 heavy (non-hydrogen) atoms. The van der Waals surface area contributed by atoms with Crippen LogP contribution in [0.3, 0.4) is 0 Å². The van der Waals surface area contributed by atoms with Gasteiger partial charge in [0.15, 0.2) is 0 Å². The molecule has 6 heteroatoms. The molecule has 1 saturated heterocycles. The molecule has 0 atom stereocenters. The van der Waals surface area contributed by atoms with Crippen LogP contribution in [0.5, 0.6) is 0 Å². The summed E-state index contributed by atoms with van der Waals surface area (Å²) in [4.78, 5) is 23.6. The van der Waals surface area contributed by atoms with E-state index >= 15 is 0 Å². The number of hydrogen-bond donors (Lipinski definition) is 2. The summed E-state index contributed by atoms with van der Waals surface area (Å²) < 4.78 is 9.86. The van der Waals surface area contributed by atoms with Gasteiger partial charge < -0.3 is 20.5 Å². The van der Waals surface area contributed by atoms with Gasteiger partial charge in [0.05, 0.1) is 13.5 Å². The second-order valence-electron chi connectivity index (χ2n) is 5.18. The first-order valence-corrected chi connectivity index (χ1v) is 6.87. The smallest absolute Gasteiger partial charge is 0.309 e. The van der Waals surface area contributed by atoms with E-state index in [9.17, 15) is 9.59 Å². The minimum atomic E-state index is -0.892. The number of ether oxygens (including phenoxy) is 2. The maximum atomic E-state index is 12.3. The minimum absolute atomic E-state index is 0.168. The van der Waals surface area contributed by atoms with Gasteiger partial charge in [-0.15, -0.1) is 0 Å². The fourth-order valence-corrected chi connectivity index (χ4v) is 2.22. The molecule has 0 saturated carbocycles. The average Bonchev–Trinajstić information content (AvgIpc) is 2.48. The van der Waals surface area contributed by atoms with Crippen LogP contribution in [0.2, 0.25) is 0 Å². The quantitative estimate of drug-likeness (QED) is 0.803. The van der Waals surface area contributed by atoms with Crippen LogP contribution in [0.1, 0.15) is 18.4 Å². The normalized spacial score (nSPS) is 17.0. The van der Waals surface area contributed by atoms with Gasteiger partial charge in [-0.25, -0.2) is 0 Å². The number of methoxy groups -OCH3 is 1. The molecule has 114 valence electrons. The lowest BCUT2D eigenvalue weighted by Gasteiger charge is -2.31. The zero-order valence-corrected chi connectivity index (χ0v) is 12.1. The van der Waals surface area contributed by atoms with Crippen LogP contribution in [0.4, 0.5) is 5.69 Å². The largest absolute Gasteiger partial charge is 0.469 e. The van der Waals surface area contributed by atoms with Gasteiger partial charge in [-0.05, 0) is 30.5 Å². The lowest BCUT2D eigenvalue weighted by molar-refractivity contribution is -0.139. The van der Waals surface area contributed by atoms with Crippen molar-refractivity contribution in [1.82, 2.24) is 0 Å². The molecule has 0 aromatic heterocycles. The fraction of sp³-hybridized carbons (Fsp3) is 0.467. The van der Waals surface area contributed by atoms with E-state index in [1.807, 2.05) is 0 Å². The summed E-state index contributed by atoms with van der Waals surface area (Å²) in [6.07, 6.45) is 1.17. The van der Waals surface area contributed by atoms with E-state index in [0.29, 0.717) is 31.7 Å². The van der Waals surface area contributed by atoms with Crippen LogP contribution in [-0.2, 0) is 25.5 Å². The van der Waals surface area contributed by atoms with Gasteiger partial charge in [-0.3, -0.25) is 9.59 Å². The summed E-state index contributed by atoms with van der Waals surface area (Å²) >= 11 is 0. The lowest BCUT2D eigenvalue weighted by atomic mass is 9.90. The molecule has 0 spiro atoms. The Morgan fingerprint density at radius 2 is 2.10 bits per heavy atom. The summed E-state index contributed by atoms with van der Waals surface area (Å²) in [6.45, 7) is 0.985. The van der Waals surface area contributed by atoms with Crippen molar-refractivity contribution in [1.29, 1.82) is 0 Å². The van der Waals surface area contributed by atoms with E-state index in [1.165, 1.54) is 7.11 Å². The Kier molecular flexibility index (Phi) is 4.93. The van der Waals surface area contributed by atoms with Crippen LogP contribution in [0.15, 0.2) is 24.3 Å². The average molecular weight is 292 g/mol. The summed E-state index contributed by atoms with van der Waals surface area (Å²) in [5.41, 5.74) is 6.63. The first-order chi connectivity index (χ1) is 10.0. The Morgan fingerprint density at radius 3 is 2.76 bits per heavy atom. The Hall–Kier alpha value is -1.92. The number of nitrogens with one attached hydrogen (secondary N) is 1. The third-order valence-electron chi connectivity index (χ3n) is 3.60. The predicted molar refractivity (Wildman–Crippen MR) is 77.8 cm³/mol. The first kappa shape index (κ1) is 15.5. The van der Waals surface area contributed by atoms with E-state index in [1.54, 1.807) is 24.3 Å². The third kappa shape index (κ3) is 4.03. The monoisotopic (exact) mass is 292 g/mol. The third-order valence-corrected chi connectivity index (χ3v) is 3.60. The molecule has 1 fully saturated rings. The van der Waals surface area contributed by atoms with Crippen LogP contribution >= 0.6 is 0 Å². The highest BCUT2D eigenvalue weighted by Crippen LogP contribution is 2.20. The zero-order valence-electron chi connectivity index (χ0n) is 12.1. The second kappa shape index (κ2) is 6.69. The fourth-order valence-electron chi connectivity index (χ4n) is 2.22. The highest BCUT2D eigenvalue weighted by Gasteiger charge is 2.35. The summed E-state index contributed by atoms with van der Waals surface area (Å²) in [7, 11) is 1.34. The van der Waals surface area contributed by atoms with Gasteiger partial charge in [0.25, 0.3) is 0 Å². The molecule has 0 unspecified atom stereocenters. The SMILES string of the molecule is COC(=O)Cc1cccc(NC(=O)C2(N)CCOCC2)c1. The van der Waals surface area contributed by atoms with E-state index < -0.39 is 5.54 Å². The number of amides is 1. The number of anilines is 1. The van der Waals surface area contributed by atoms with Crippen molar-refractivity contribution in [2.45, 2.75) is 24.8 Å². The van der Waals surface area contributed by atoms with Gasteiger partial charge >= 0.3 is 5.97 Å². The zero-order chi connectivity index (χ0) is 15.3. The Bertz CT molecular complexity index is 524. The van der Waals surface area contributed by atoms with Crippen LogP contribution in [0, 0.1) is 0 Å². The molecule has 1 aromatic carbocycles. The minimum Gasteiger partial charge on any atom is -0.469 e. The van der Waals surface area contributed by atoms with Crippen molar-refractivity contribution in [3.05, 3.63) is 29.8 Å². The number of esters is 1. The molecule has 0 aliphatic carbocycles. The summed E-state index contributed by atoms with van der Waals surface area (Å²) in [6, 6.07) is 7.10. The van der Waals surface area contributed by atoms with Crippen molar-refractivity contribution in [2.75, 3.05) is 25.6 Å². The number of benzene rings is 1. The molecule has 1 amide bonds. The van der Waals surface area contributed by atoms with Gasteiger partial charge in [-0.2, -0.15) is 0 Å². The number of hydrogen-bond acceptors (Lipinski definition) is 5. The topological polar surface area (TPSA) is 90.7 Å². The molecule has 6 nitrogen and oxygen atoms in total. The molecule has 1 aliphatic heterocycles. The van der Waals surface area contributed by atoms with Gasteiger partial charge in [0.2, 0.25) is 5.91 Å². The van der Waals surface area contributed by atoms with Gasteiger partial charge in [0.1, 0.15) is 5.54 Å². The molecule has 1 heterocycles. The Labute approximate surface area is 123 Å². The van der Waals surface area contributed by atoms with Crippen LogP contribution in [0.25, 0.3) is 0 Å². The number of nitrogens with two attached hydrogens (primary N) is 1. The van der Waals surface area contributed by atoms with E-state index in [-0.39, 0.29) is 18.3 Å². The highest BCUT2D eigenvalue weighted by atomic mass is 16.5. The van der Waals surface area contributed by atoms with Crippen molar-refractivity contribution in [3.8, 4) is 0 Å². The van der Waals surface area contributed by atoms with Crippen molar-refractivity contribution >= 4 is 17.6 Å². The maximum absolute atomic E-state index is 12.3. The molecule has 0 radical (unpaired) electrons. The summed E-state index contributed by atoms with van der Waals surface area (Å²) in [5, 5.41) is 2.81. The van der Waals surface area contributed by atoms with Gasteiger partial charge in [0, 0.05) is 18.9 Å². The molecule has 1 aromatic rings. The molecule has 0 bridgehead atoms. The molecular formula is C15H20N2O4. The van der Waals surface area contributed by atoms with E-state index in [2.05, 4.69) is 10.1 Å². The van der Waals surface area contributed by atoms with E-state index in [4.69, 9.17) is 10.5 Å². The number of rotatable bonds is 4. The summed E-state index contributed by atoms with van der Waals surface area (Å²) in [5.74, 6) is -0.542. The lowest BCUT2D eigenvalue weighted by Crippen LogP contribution is -2.54. The Morgan fingerprint density at radius 1 is 1.38 bits per heavy atom. The van der Waals surface area contributed by atoms with Crippen LogP contribution in [-0.4, -0.2) is 37.7 Å². The van der Waals surface area contributed by atoms with Crippen molar-refractivity contribution in [2.24, 2.45) is 5.73 Å². The van der Waals surface area contributed by atoms with Crippen LogP contribution < -0.4 is 11.1 Å². The highest BCUT2D eigenvalue weighted by molar-refractivity contribution is 5.98. The van der Waals surface area contributed by atoms with Crippen molar-refractivity contribution < 1.29 is 19.1 Å². The molecule has 2 rings (SSSR count). The number of carbonyl (C=O) groups excluding carboxylic acids is 2. The molecule has 1 aliphatic rings. The molecule has 3 N–H and O–H groups in total. The molecular weight excluding hydrogens is 272 g/mol. The standard InChI is InChI=1S/C15H20N2O4/c1-20-13(18)10-11-3-2-4-12(9-11)17-14(19)15(16)5-7-21-8-6-15/h2-4,9H,5-8,10,16H2,1H3,(H,17,19). The van der Waals surface area contributed by atoms with Gasteiger partial charge in [-0.1, -0.05) is 12.1 Å². The Balaban J connectivity index is 2.03. The first-order valence-electron chi connectivity index (χ1n) is 6.87. The second-order valence-corrected chi connectivity index (χ2v) is 5.18. The number of carbonyl (C=O) groups is 2. The van der Waals surface area contributed by atoms with Crippen molar-refractivity contribution in [3.63, 3.8) is 0 Å². The van der Waals surface area contributed by atoms with E-state index in [0.717, 1.165) is 5.56 Å².